The largest absolute Gasteiger partial charge is 0.443 e. The van der Waals surface area contributed by atoms with Gasteiger partial charge in [-0.15, -0.1) is 0 Å². The van der Waals surface area contributed by atoms with Crippen LogP contribution in [0.25, 0.3) is 0 Å². The van der Waals surface area contributed by atoms with Crippen LogP contribution in [-0.2, 0) is 0 Å². The fourth-order valence-electron chi connectivity index (χ4n) is 1.41. The van der Waals surface area contributed by atoms with Crippen LogP contribution in [0.2, 0.25) is 0 Å². The van der Waals surface area contributed by atoms with Crippen LogP contribution in [0.5, 0.6) is 5.75 Å². The lowest BCUT2D eigenvalue weighted by Crippen LogP contribution is -2.27. The SMILES string of the molecule is CC(=N/C=C(\C)C(C)NCO)Oc1ccc(C)cc1. The van der Waals surface area contributed by atoms with Gasteiger partial charge in [0.05, 0.1) is 6.73 Å². The highest BCUT2D eigenvalue weighted by Crippen LogP contribution is 2.12. The molecule has 0 saturated heterocycles. The fraction of sp³-hybridized carbons (Fsp3) is 0.400. The highest BCUT2D eigenvalue weighted by molar-refractivity contribution is 5.76. The normalized spacial score (nSPS) is 14.4. The molecule has 1 aromatic rings. The summed E-state index contributed by atoms with van der Waals surface area (Å²) in [6, 6.07) is 7.91. The molecule has 0 aromatic heterocycles. The highest BCUT2D eigenvalue weighted by atomic mass is 16.5. The average Bonchev–Trinajstić information content (AvgIpc) is 2.39. The monoisotopic (exact) mass is 262 g/mol. The molecule has 2 N–H and O–H groups in total. The second kappa shape index (κ2) is 7.71. The van der Waals surface area contributed by atoms with Gasteiger partial charge >= 0.3 is 0 Å². The number of rotatable bonds is 5. The van der Waals surface area contributed by atoms with Crippen molar-refractivity contribution >= 4 is 5.90 Å². The Morgan fingerprint density at radius 2 is 2.00 bits per heavy atom. The lowest BCUT2D eigenvalue weighted by molar-refractivity contribution is 0.251. The van der Waals surface area contributed by atoms with E-state index in [0.717, 1.165) is 11.3 Å². The fourth-order valence-corrected chi connectivity index (χ4v) is 1.41. The summed E-state index contributed by atoms with van der Waals surface area (Å²) in [5, 5.41) is 11.7. The molecule has 0 heterocycles. The maximum Gasteiger partial charge on any atom is 0.191 e. The Morgan fingerprint density at radius 3 is 2.58 bits per heavy atom. The Bertz CT molecular complexity index is 450. The number of nitrogens with one attached hydrogen (secondary N) is 1. The first-order valence-corrected chi connectivity index (χ1v) is 6.32. The van der Waals surface area contributed by atoms with Gasteiger partial charge in [0.2, 0.25) is 0 Å². The van der Waals surface area contributed by atoms with Gasteiger partial charge in [0.1, 0.15) is 5.75 Å². The van der Waals surface area contributed by atoms with E-state index >= 15 is 0 Å². The number of aliphatic imine (C=N–C) groups is 1. The Labute approximate surface area is 114 Å². The molecule has 4 nitrogen and oxygen atoms in total. The molecule has 0 aliphatic heterocycles. The van der Waals surface area contributed by atoms with Gasteiger partial charge in [0.25, 0.3) is 0 Å². The second-order valence-corrected chi connectivity index (χ2v) is 4.52. The second-order valence-electron chi connectivity index (χ2n) is 4.52. The number of hydrogen-bond donors (Lipinski definition) is 2. The molecule has 0 saturated carbocycles. The van der Waals surface area contributed by atoms with Crippen molar-refractivity contribution in [3.8, 4) is 5.75 Å². The van der Waals surface area contributed by atoms with E-state index in [0.29, 0.717) is 5.90 Å². The van der Waals surface area contributed by atoms with Crippen molar-refractivity contribution in [2.75, 3.05) is 6.73 Å². The van der Waals surface area contributed by atoms with Crippen molar-refractivity contribution in [3.63, 3.8) is 0 Å². The van der Waals surface area contributed by atoms with Gasteiger partial charge in [-0.3, -0.25) is 5.32 Å². The Balaban J connectivity index is 2.62. The zero-order valence-electron chi connectivity index (χ0n) is 12.0. The van der Waals surface area contributed by atoms with Gasteiger partial charge in [-0.1, -0.05) is 17.7 Å². The third-order valence-electron chi connectivity index (χ3n) is 2.82. The predicted octanol–water partition coefficient (Wildman–Crippen LogP) is 2.62. The van der Waals surface area contributed by atoms with Crippen LogP contribution >= 0.6 is 0 Å². The summed E-state index contributed by atoms with van der Waals surface area (Å²) < 4.78 is 5.60. The number of aliphatic hydroxyl groups excluding tert-OH is 1. The molecular weight excluding hydrogens is 240 g/mol. The predicted molar refractivity (Wildman–Crippen MR) is 78.4 cm³/mol. The van der Waals surface area contributed by atoms with Crippen molar-refractivity contribution in [3.05, 3.63) is 41.6 Å². The maximum absolute atomic E-state index is 8.78. The molecule has 1 rings (SSSR count). The van der Waals surface area contributed by atoms with E-state index in [9.17, 15) is 0 Å². The number of ether oxygens (including phenoxy) is 1. The number of aliphatic hydroxyl groups is 1. The standard InChI is InChI=1S/C15H22N2O2/c1-11-5-7-15(8-6-11)19-14(4)16-9-12(2)13(3)17-10-18/h5-9,13,17-18H,10H2,1-4H3/b12-9+,16-14?. The molecule has 0 radical (unpaired) electrons. The minimum atomic E-state index is -0.0467. The molecule has 1 aromatic carbocycles. The summed E-state index contributed by atoms with van der Waals surface area (Å²) in [5.41, 5.74) is 2.22. The molecule has 4 heteroatoms. The minimum Gasteiger partial charge on any atom is -0.443 e. The van der Waals surface area contributed by atoms with Crippen LogP contribution in [0.3, 0.4) is 0 Å². The number of benzene rings is 1. The Kier molecular flexibility index (Phi) is 6.25. The zero-order valence-corrected chi connectivity index (χ0v) is 12.0. The van der Waals surface area contributed by atoms with E-state index in [1.165, 1.54) is 5.56 Å². The van der Waals surface area contributed by atoms with E-state index < -0.39 is 0 Å². The summed E-state index contributed by atoms with van der Waals surface area (Å²) in [6.45, 7) is 7.72. The molecule has 0 bridgehead atoms. The number of aryl methyl sites for hydroxylation is 1. The first kappa shape index (κ1) is 15.4. The molecule has 0 fully saturated rings. The van der Waals surface area contributed by atoms with Gasteiger partial charge in [-0.25, -0.2) is 4.99 Å². The van der Waals surface area contributed by atoms with Gasteiger partial charge in [-0.05, 0) is 38.5 Å². The van der Waals surface area contributed by atoms with Gasteiger partial charge in [0, 0.05) is 19.2 Å². The number of hydrogen-bond acceptors (Lipinski definition) is 4. The first-order valence-electron chi connectivity index (χ1n) is 6.32. The van der Waals surface area contributed by atoms with Crippen LogP contribution < -0.4 is 10.1 Å². The topological polar surface area (TPSA) is 53.9 Å². The van der Waals surface area contributed by atoms with Crippen molar-refractivity contribution in [1.82, 2.24) is 5.32 Å². The molecule has 0 amide bonds. The molecule has 0 aliphatic carbocycles. The van der Waals surface area contributed by atoms with Crippen molar-refractivity contribution in [2.45, 2.75) is 33.7 Å². The van der Waals surface area contributed by atoms with Gasteiger partial charge in [-0.2, -0.15) is 0 Å². The number of nitrogens with zero attached hydrogens (tertiary/aromatic N) is 1. The smallest absolute Gasteiger partial charge is 0.191 e. The quantitative estimate of drug-likeness (QED) is 0.487. The van der Waals surface area contributed by atoms with Crippen LogP contribution in [0.1, 0.15) is 26.3 Å². The summed E-state index contributed by atoms with van der Waals surface area (Å²) in [4.78, 5) is 4.26. The van der Waals surface area contributed by atoms with E-state index in [2.05, 4.69) is 10.3 Å². The summed E-state index contributed by atoms with van der Waals surface area (Å²) in [6.07, 6.45) is 1.75. The van der Waals surface area contributed by atoms with E-state index in [-0.39, 0.29) is 12.8 Å². The molecule has 19 heavy (non-hydrogen) atoms. The average molecular weight is 262 g/mol. The summed E-state index contributed by atoms with van der Waals surface area (Å²) in [5.74, 6) is 1.36. The van der Waals surface area contributed by atoms with Crippen molar-refractivity contribution in [1.29, 1.82) is 0 Å². The molecule has 1 atom stereocenters. The Morgan fingerprint density at radius 1 is 1.37 bits per heavy atom. The van der Waals surface area contributed by atoms with E-state index in [1.807, 2.05) is 52.0 Å². The lowest BCUT2D eigenvalue weighted by Gasteiger charge is -2.11. The van der Waals surface area contributed by atoms with Gasteiger partial charge in [0.15, 0.2) is 5.90 Å². The molecular formula is C15H22N2O2. The summed E-state index contributed by atoms with van der Waals surface area (Å²) >= 11 is 0. The van der Waals surface area contributed by atoms with Gasteiger partial charge < -0.3 is 9.84 Å². The third-order valence-corrected chi connectivity index (χ3v) is 2.82. The highest BCUT2D eigenvalue weighted by Gasteiger charge is 2.01. The van der Waals surface area contributed by atoms with Crippen LogP contribution in [-0.4, -0.2) is 23.8 Å². The van der Waals surface area contributed by atoms with Crippen molar-refractivity contribution in [2.24, 2.45) is 4.99 Å². The third kappa shape index (κ3) is 5.68. The van der Waals surface area contributed by atoms with Crippen molar-refractivity contribution < 1.29 is 9.84 Å². The molecule has 104 valence electrons. The van der Waals surface area contributed by atoms with E-state index in [1.54, 1.807) is 6.20 Å². The summed E-state index contributed by atoms with van der Waals surface area (Å²) in [7, 11) is 0. The molecule has 1 unspecified atom stereocenters. The Hall–Kier alpha value is -1.65. The molecule has 0 spiro atoms. The lowest BCUT2D eigenvalue weighted by atomic mass is 10.2. The maximum atomic E-state index is 8.78. The molecule has 0 aliphatic rings. The van der Waals surface area contributed by atoms with Crippen LogP contribution in [0.15, 0.2) is 41.0 Å². The van der Waals surface area contributed by atoms with E-state index in [4.69, 9.17) is 9.84 Å². The van der Waals surface area contributed by atoms with Crippen LogP contribution in [0.4, 0.5) is 0 Å². The zero-order chi connectivity index (χ0) is 14.3. The van der Waals surface area contributed by atoms with Crippen LogP contribution in [0, 0.1) is 6.92 Å². The minimum absolute atomic E-state index is 0.0467. The first-order chi connectivity index (χ1) is 9.02.